The Labute approximate surface area is 254 Å². The number of nitrogens with zero attached hydrogens (tertiary/aromatic N) is 4. The zero-order valence-electron chi connectivity index (χ0n) is 24.5. The van der Waals surface area contributed by atoms with Gasteiger partial charge in [-0.2, -0.15) is 0 Å². The number of carbonyl (C=O) groups excluding carboxylic acids is 1. The third kappa shape index (κ3) is 8.06. The van der Waals surface area contributed by atoms with E-state index < -0.39 is 12.3 Å². The van der Waals surface area contributed by atoms with E-state index in [2.05, 4.69) is 31.8 Å². The van der Waals surface area contributed by atoms with Crippen molar-refractivity contribution in [2.75, 3.05) is 49.5 Å². The van der Waals surface area contributed by atoms with Crippen LogP contribution in [-0.4, -0.2) is 83.4 Å². The van der Waals surface area contributed by atoms with Gasteiger partial charge in [-0.1, -0.05) is 19.1 Å². The van der Waals surface area contributed by atoms with Crippen molar-refractivity contribution in [3.8, 4) is 16.9 Å². The highest BCUT2D eigenvalue weighted by atomic mass is 19.4. The molecule has 1 aromatic heterocycles. The first kappa shape index (κ1) is 31.3. The fraction of sp³-hybridized carbons (Fsp3) is 0.406. The number of nitrogens with one attached hydrogen (secondary N) is 1. The number of carboxylic acid groups (broad SMARTS) is 1. The first-order chi connectivity index (χ1) is 21.1. The van der Waals surface area contributed by atoms with Crippen molar-refractivity contribution in [3.05, 3.63) is 71.9 Å². The van der Waals surface area contributed by atoms with Crippen LogP contribution in [0.4, 0.5) is 24.7 Å². The molecule has 1 unspecified atom stereocenters. The number of ether oxygens (including phenoxy) is 1. The molecule has 2 aliphatic heterocycles. The average Bonchev–Trinajstić information content (AvgIpc) is 3.44. The second-order valence-corrected chi connectivity index (χ2v) is 11.1. The van der Waals surface area contributed by atoms with Crippen LogP contribution in [-0.2, 0) is 11.3 Å². The number of likely N-dealkylation sites (tertiary alicyclic amines) is 1. The zero-order chi connectivity index (χ0) is 31.3. The number of rotatable bonds is 10. The van der Waals surface area contributed by atoms with Crippen molar-refractivity contribution in [3.63, 3.8) is 0 Å². The zero-order valence-corrected chi connectivity index (χ0v) is 24.5. The van der Waals surface area contributed by atoms with Crippen LogP contribution in [0.5, 0.6) is 5.75 Å². The molecule has 0 bridgehead atoms. The molecular formula is C32H36F3N5O4. The van der Waals surface area contributed by atoms with Crippen molar-refractivity contribution in [2.45, 2.75) is 45.1 Å². The van der Waals surface area contributed by atoms with Crippen molar-refractivity contribution < 1.29 is 32.6 Å². The fourth-order valence-electron chi connectivity index (χ4n) is 5.94. The molecule has 0 aliphatic carbocycles. The molecule has 2 N–H and O–H groups in total. The highest BCUT2D eigenvalue weighted by molar-refractivity contribution is 6.04. The summed E-state index contributed by atoms with van der Waals surface area (Å²) in [5.41, 5.74) is 3.82. The Morgan fingerprint density at radius 1 is 1.02 bits per heavy atom. The summed E-state index contributed by atoms with van der Waals surface area (Å²) in [6.45, 7) is 6.46. The van der Waals surface area contributed by atoms with Gasteiger partial charge in [0.1, 0.15) is 11.6 Å². The molecule has 2 aromatic carbocycles. The lowest BCUT2D eigenvalue weighted by Gasteiger charge is -2.35. The molecule has 234 valence electrons. The monoisotopic (exact) mass is 611 g/mol. The number of hydrogen-bond acceptors (Lipinski definition) is 7. The van der Waals surface area contributed by atoms with E-state index in [0.717, 1.165) is 42.6 Å². The third-order valence-electron chi connectivity index (χ3n) is 8.20. The Kier molecular flexibility index (Phi) is 9.70. The lowest BCUT2D eigenvalue weighted by atomic mass is 10.0. The van der Waals surface area contributed by atoms with Gasteiger partial charge in [0.15, 0.2) is 0 Å². The smallest absolute Gasteiger partial charge is 0.480 e. The maximum Gasteiger partial charge on any atom is 0.573 e. The molecule has 2 fully saturated rings. The van der Waals surface area contributed by atoms with Crippen LogP contribution < -0.4 is 15.0 Å². The molecule has 1 amide bonds. The number of anilines is 2. The summed E-state index contributed by atoms with van der Waals surface area (Å²) in [6, 6.07) is 15.3. The van der Waals surface area contributed by atoms with E-state index in [1.807, 2.05) is 23.1 Å². The van der Waals surface area contributed by atoms with Crippen molar-refractivity contribution >= 4 is 23.4 Å². The van der Waals surface area contributed by atoms with E-state index in [4.69, 9.17) is 5.11 Å². The minimum absolute atomic E-state index is 0.0318. The number of amides is 1. The molecule has 3 aromatic rings. The first-order valence-electron chi connectivity index (χ1n) is 14.8. The minimum Gasteiger partial charge on any atom is -0.480 e. The topological polar surface area (TPSA) is 98.2 Å². The first-order valence-corrected chi connectivity index (χ1v) is 14.8. The largest absolute Gasteiger partial charge is 0.573 e. The van der Waals surface area contributed by atoms with Gasteiger partial charge in [0, 0.05) is 61.8 Å². The van der Waals surface area contributed by atoms with Gasteiger partial charge in [0.25, 0.3) is 5.91 Å². The van der Waals surface area contributed by atoms with Crippen LogP contribution in [0.1, 0.15) is 42.1 Å². The number of carboxylic acids is 1. The van der Waals surface area contributed by atoms with Crippen LogP contribution in [0.3, 0.4) is 0 Å². The van der Waals surface area contributed by atoms with Gasteiger partial charge < -0.3 is 20.1 Å². The third-order valence-corrected chi connectivity index (χ3v) is 8.20. The summed E-state index contributed by atoms with van der Waals surface area (Å²) in [4.78, 5) is 35.1. The fourth-order valence-corrected chi connectivity index (χ4v) is 5.94. The highest BCUT2D eigenvalue weighted by Gasteiger charge is 2.31. The summed E-state index contributed by atoms with van der Waals surface area (Å²) in [5.74, 6) is -1.05. The Morgan fingerprint density at radius 2 is 1.73 bits per heavy atom. The lowest BCUT2D eigenvalue weighted by Crippen LogP contribution is -2.47. The molecule has 9 nitrogen and oxygen atoms in total. The highest BCUT2D eigenvalue weighted by Crippen LogP contribution is 2.32. The molecule has 3 heterocycles. The van der Waals surface area contributed by atoms with E-state index in [0.29, 0.717) is 55.7 Å². The summed E-state index contributed by atoms with van der Waals surface area (Å²) >= 11 is 0. The number of carbonyl (C=O) groups is 2. The number of alkyl halides is 3. The second-order valence-electron chi connectivity index (χ2n) is 11.1. The number of halogens is 3. The van der Waals surface area contributed by atoms with Crippen LogP contribution in [0, 0.1) is 0 Å². The van der Waals surface area contributed by atoms with Gasteiger partial charge in [0.05, 0.1) is 6.54 Å². The molecule has 1 atom stereocenters. The predicted molar refractivity (Wildman–Crippen MR) is 161 cm³/mol. The second kappa shape index (κ2) is 13.6. The van der Waals surface area contributed by atoms with E-state index in [1.54, 1.807) is 30.5 Å². The minimum atomic E-state index is -4.77. The SMILES string of the molecule is CCC1CCCN1Cc1cc(NC(=O)c2ccc(N3CCN(CC(=O)O)CC3)cc2)ncc1-c1ccc(OC(F)(F)F)cc1. The molecule has 0 saturated carbocycles. The van der Waals surface area contributed by atoms with Gasteiger partial charge in [-0.15, -0.1) is 13.2 Å². The number of benzene rings is 2. The predicted octanol–water partition coefficient (Wildman–Crippen LogP) is 5.48. The number of aromatic nitrogens is 1. The van der Waals surface area contributed by atoms with Crippen LogP contribution in [0.15, 0.2) is 60.8 Å². The molecule has 2 saturated heterocycles. The van der Waals surface area contributed by atoms with Gasteiger partial charge in [-0.3, -0.25) is 19.4 Å². The normalized spacial score (nSPS) is 17.9. The summed E-state index contributed by atoms with van der Waals surface area (Å²) in [5, 5.41) is 11.9. The van der Waals surface area contributed by atoms with E-state index in [1.165, 1.54) is 12.1 Å². The lowest BCUT2D eigenvalue weighted by molar-refractivity contribution is -0.274. The maximum absolute atomic E-state index is 13.2. The Morgan fingerprint density at radius 3 is 2.36 bits per heavy atom. The summed E-state index contributed by atoms with van der Waals surface area (Å²) < 4.78 is 42.0. The van der Waals surface area contributed by atoms with Crippen molar-refractivity contribution in [2.24, 2.45) is 0 Å². The summed E-state index contributed by atoms with van der Waals surface area (Å²) in [6.07, 6.45) is 0.104. The molecule has 0 radical (unpaired) electrons. The molecule has 0 spiro atoms. The Balaban J connectivity index is 1.30. The van der Waals surface area contributed by atoms with Crippen LogP contribution in [0.2, 0.25) is 0 Å². The van der Waals surface area contributed by atoms with Crippen LogP contribution >= 0.6 is 0 Å². The standard InChI is InChI=1S/C32H36F3N5O4/c1-2-25-4-3-13-40(25)20-24-18-29(36-19-28(24)22-7-11-27(12-8-22)44-32(33,34)35)37-31(43)23-5-9-26(10-6-23)39-16-14-38(15-17-39)21-30(41)42/h5-12,18-19,25H,2-4,13-17,20-21H2,1H3,(H,41,42)(H,36,37,43). The molecule has 5 rings (SSSR count). The van der Waals surface area contributed by atoms with Crippen molar-refractivity contribution in [1.82, 2.24) is 14.8 Å². The Hall–Kier alpha value is -4.16. The van der Waals surface area contributed by atoms with Crippen molar-refractivity contribution in [1.29, 1.82) is 0 Å². The molecule has 2 aliphatic rings. The number of pyridine rings is 1. The molecule has 44 heavy (non-hydrogen) atoms. The van der Waals surface area contributed by atoms with Gasteiger partial charge in [-0.05, 0) is 79.4 Å². The van der Waals surface area contributed by atoms with Gasteiger partial charge in [0.2, 0.25) is 0 Å². The molecule has 12 heteroatoms. The summed E-state index contributed by atoms with van der Waals surface area (Å²) in [7, 11) is 0. The average molecular weight is 612 g/mol. The Bertz CT molecular complexity index is 1440. The number of hydrogen-bond donors (Lipinski definition) is 2. The van der Waals surface area contributed by atoms with E-state index in [9.17, 15) is 22.8 Å². The number of piperazine rings is 1. The quantitative estimate of drug-likeness (QED) is 0.311. The number of aliphatic carboxylic acids is 1. The van der Waals surface area contributed by atoms with Crippen LogP contribution in [0.25, 0.3) is 11.1 Å². The van der Waals surface area contributed by atoms with Gasteiger partial charge >= 0.3 is 12.3 Å². The van der Waals surface area contributed by atoms with E-state index in [-0.39, 0.29) is 18.2 Å². The maximum atomic E-state index is 13.2. The molecular weight excluding hydrogens is 575 g/mol. The van der Waals surface area contributed by atoms with E-state index >= 15 is 0 Å². The van der Waals surface area contributed by atoms with Gasteiger partial charge in [-0.25, -0.2) is 4.98 Å².